The molecule has 0 bridgehead atoms. The van der Waals surface area contributed by atoms with E-state index in [1.165, 1.54) is 35.7 Å². The van der Waals surface area contributed by atoms with Gasteiger partial charge in [-0.15, -0.1) is 0 Å². The largest absolute Gasteiger partial charge is 0.494 e. The van der Waals surface area contributed by atoms with Gasteiger partial charge < -0.3 is 9.47 Å². The second kappa shape index (κ2) is 14.7. The molecule has 14 heteroatoms. The molecule has 0 saturated carbocycles. The molecule has 1 aromatic heterocycles. The van der Waals surface area contributed by atoms with Crippen molar-refractivity contribution in [1.29, 1.82) is 0 Å². The first-order valence-corrected chi connectivity index (χ1v) is 14.2. The van der Waals surface area contributed by atoms with E-state index < -0.39 is 36.8 Å². The Morgan fingerprint density at radius 1 is 0.911 bits per heavy atom. The van der Waals surface area contributed by atoms with Crippen LogP contribution >= 0.6 is 0 Å². The predicted octanol–water partition coefficient (Wildman–Crippen LogP) is 9.54. The molecule has 1 aliphatic rings. The first-order chi connectivity index (χ1) is 20.9. The number of hydrogen-bond donors (Lipinski definition) is 0. The molecule has 3 rings (SSSR count). The van der Waals surface area contributed by atoms with E-state index in [2.05, 4.69) is 36.0 Å². The predicted molar refractivity (Wildman–Crippen MR) is 147 cm³/mol. The lowest BCUT2D eigenvalue weighted by Gasteiger charge is -2.33. The van der Waals surface area contributed by atoms with Gasteiger partial charge in [-0.3, -0.25) is 4.79 Å². The fourth-order valence-corrected chi connectivity index (χ4v) is 4.50. The molecule has 1 aliphatic carbocycles. The summed E-state index contributed by atoms with van der Waals surface area (Å²) in [5, 5.41) is 0. The smallest absolute Gasteiger partial charge is 0.460 e. The van der Waals surface area contributed by atoms with Gasteiger partial charge in [0.25, 0.3) is 0 Å². The fourth-order valence-electron chi connectivity index (χ4n) is 4.50. The van der Waals surface area contributed by atoms with E-state index in [9.17, 15) is 44.3 Å². The van der Waals surface area contributed by atoms with Gasteiger partial charge in [0.2, 0.25) is 0 Å². The van der Waals surface area contributed by atoms with Gasteiger partial charge in [0.15, 0.2) is 11.6 Å². The van der Waals surface area contributed by atoms with E-state index in [1.54, 1.807) is 12.1 Å². The second-order valence-electron chi connectivity index (χ2n) is 11.0. The van der Waals surface area contributed by atoms with Gasteiger partial charge in [-0.1, -0.05) is 23.3 Å². The van der Waals surface area contributed by atoms with Crippen LogP contribution in [0.2, 0.25) is 0 Å². The summed E-state index contributed by atoms with van der Waals surface area (Å²) in [6, 6.07) is 6.08. The van der Waals surface area contributed by atoms with Crippen LogP contribution in [0.3, 0.4) is 0 Å². The normalized spacial score (nSPS) is 16.2. The van der Waals surface area contributed by atoms with Gasteiger partial charge in [0.05, 0.1) is 24.9 Å². The van der Waals surface area contributed by atoms with Crippen LogP contribution in [0.15, 0.2) is 60.0 Å². The van der Waals surface area contributed by atoms with Crippen LogP contribution < -0.4 is 9.47 Å². The van der Waals surface area contributed by atoms with Crippen molar-refractivity contribution in [3.05, 3.63) is 60.0 Å². The van der Waals surface area contributed by atoms with E-state index in [0.29, 0.717) is 24.2 Å². The van der Waals surface area contributed by atoms with Gasteiger partial charge >= 0.3 is 29.9 Å². The van der Waals surface area contributed by atoms with Crippen LogP contribution in [0.4, 0.5) is 39.5 Å². The minimum Gasteiger partial charge on any atom is -0.494 e. The van der Waals surface area contributed by atoms with Gasteiger partial charge in [0, 0.05) is 12.0 Å². The van der Waals surface area contributed by atoms with E-state index in [1.807, 2.05) is 0 Å². The molecule has 0 N–H and O–H groups in total. The number of esters is 1. The molecule has 1 heterocycles. The Kier molecular flexibility index (Phi) is 11.7. The molecule has 5 nitrogen and oxygen atoms in total. The number of unbranched alkanes of at least 4 members (excludes halogenated alkanes) is 1. The third-order valence-electron chi connectivity index (χ3n) is 7.18. The molecule has 0 amide bonds. The van der Waals surface area contributed by atoms with Gasteiger partial charge in [-0.2, -0.15) is 39.5 Å². The molecular weight excluding hydrogens is 619 g/mol. The monoisotopic (exact) mass is 652 g/mol. The molecular formula is C31H33F9N2O3. The lowest BCUT2D eigenvalue weighted by molar-refractivity contribution is -0.396. The van der Waals surface area contributed by atoms with E-state index in [4.69, 9.17) is 9.47 Å². The second-order valence-corrected chi connectivity index (χ2v) is 11.0. The Bertz CT molecular complexity index is 1340. The van der Waals surface area contributed by atoms with Crippen molar-refractivity contribution in [3.8, 4) is 22.9 Å². The van der Waals surface area contributed by atoms with E-state index in [0.717, 1.165) is 19.3 Å². The summed E-state index contributed by atoms with van der Waals surface area (Å²) in [5.74, 6) is -19.0. The highest BCUT2D eigenvalue weighted by Crippen LogP contribution is 2.54. The molecule has 1 aromatic carbocycles. The van der Waals surface area contributed by atoms with Gasteiger partial charge in [0.1, 0.15) is 5.75 Å². The van der Waals surface area contributed by atoms with Crippen LogP contribution in [-0.2, 0) is 4.79 Å². The van der Waals surface area contributed by atoms with E-state index >= 15 is 0 Å². The minimum atomic E-state index is -6.89. The highest BCUT2D eigenvalue weighted by atomic mass is 19.4. The number of aromatic nitrogens is 2. The van der Waals surface area contributed by atoms with Crippen molar-refractivity contribution in [2.45, 2.75) is 89.2 Å². The molecule has 1 atom stereocenters. The summed E-state index contributed by atoms with van der Waals surface area (Å²) in [6.45, 7) is 3.82. The van der Waals surface area contributed by atoms with Crippen molar-refractivity contribution < 1.29 is 53.8 Å². The summed E-state index contributed by atoms with van der Waals surface area (Å²) in [6.07, 6.45) is 1.27. The first-order valence-electron chi connectivity index (χ1n) is 14.2. The number of carbonyl (C=O) groups excluding carboxylic acids is 1. The standard InChI is InChI=1S/C31H33F9N2O3/c1-20(2)6-5-7-21-8-10-23(11-9-21)27(43)45-25-18-41-26(42-19-25)22-12-14-24(15-13-22)44-17-4-3-16-28(32,33)29(34,35)30(36,37)31(38,39)40/h6,8,12-15,18-19,23H,3-5,7,9-11,16-17H2,1-2H3. The Labute approximate surface area is 254 Å². The number of halogens is 9. The van der Waals surface area contributed by atoms with Crippen molar-refractivity contribution in [2.75, 3.05) is 6.61 Å². The first kappa shape index (κ1) is 35.9. The zero-order valence-electron chi connectivity index (χ0n) is 24.6. The lowest BCUT2D eigenvalue weighted by Crippen LogP contribution is -2.60. The zero-order valence-corrected chi connectivity index (χ0v) is 24.6. The highest BCUT2D eigenvalue weighted by Gasteiger charge is 2.81. The minimum absolute atomic E-state index is 0.188. The summed E-state index contributed by atoms with van der Waals surface area (Å²) < 4.78 is 127. The number of ether oxygens (including phenoxy) is 2. The molecule has 45 heavy (non-hydrogen) atoms. The Morgan fingerprint density at radius 2 is 1.56 bits per heavy atom. The number of hydrogen-bond acceptors (Lipinski definition) is 5. The number of rotatable bonds is 14. The average Bonchev–Trinajstić information content (AvgIpc) is 2.97. The topological polar surface area (TPSA) is 61.3 Å². The van der Waals surface area contributed by atoms with Crippen molar-refractivity contribution in [1.82, 2.24) is 9.97 Å². The average molecular weight is 653 g/mol. The number of benzene rings is 1. The van der Waals surface area contributed by atoms with Gasteiger partial charge in [-0.25, -0.2) is 9.97 Å². The van der Waals surface area contributed by atoms with Crippen molar-refractivity contribution >= 4 is 5.97 Å². The Morgan fingerprint density at radius 3 is 2.11 bits per heavy atom. The highest BCUT2D eigenvalue weighted by molar-refractivity contribution is 5.75. The SMILES string of the molecule is CC(C)=CCCC1=CCC(C(=O)Oc2cnc(-c3ccc(OCCCCC(F)(F)C(F)(F)C(F)(F)C(F)(F)F)cc3)nc2)CC1. The zero-order chi connectivity index (χ0) is 33.5. The molecule has 0 aliphatic heterocycles. The number of nitrogens with zero attached hydrogens (tertiary/aromatic N) is 2. The van der Waals surface area contributed by atoms with Crippen LogP contribution in [0.1, 0.15) is 65.2 Å². The maximum Gasteiger partial charge on any atom is 0.460 e. The lowest BCUT2D eigenvalue weighted by atomic mass is 9.88. The summed E-state index contributed by atoms with van der Waals surface area (Å²) in [5.41, 5.74) is 3.16. The van der Waals surface area contributed by atoms with Crippen LogP contribution in [-0.4, -0.2) is 46.5 Å². The maximum absolute atomic E-state index is 13.6. The quantitative estimate of drug-likeness (QED) is 0.0881. The van der Waals surface area contributed by atoms with Gasteiger partial charge in [-0.05, 0) is 83.1 Å². The molecule has 248 valence electrons. The Balaban J connectivity index is 1.44. The molecule has 2 aromatic rings. The number of alkyl halides is 9. The number of allylic oxidation sites excluding steroid dienone is 4. The maximum atomic E-state index is 13.6. The third-order valence-corrected chi connectivity index (χ3v) is 7.18. The molecule has 0 saturated heterocycles. The summed E-state index contributed by atoms with van der Waals surface area (Å²) >= 11 is 0. The van der Waals surface area contributed by atoms with Crippen LogP contribution in [0.25, 0.3) is 11.4 Å². The molecule has 0 radical (unpaired) electrons. The number of carbonyl (C=O) groups is 1. The third kappa shape index (κ3) is 9.23. The molecule has 0 spiro atoms. The van der Waals surface area contributed by atoms with Crippen molar-refractivity contribution in [2.24, 2.45) is 5.92 Å². The van der Waals surface area contributed by atoms with E-state index in [-0.39, 0.29) is 36.4 Å². The summed E-state index contributed by atoms with van der Waals surface area (Å²) in [4.78, 5) is 21.0. The van der Waals surface area contributed by atoms with Crippen LogP contribution in [0, 0.1) is 5.92 Å². The molecule has 0 fully saturated rings. The fraction of sp³-hybridized carbons (Fsp3) is 0.516. The molecule has 1 unspecified atom stereocenters. The van der Waals surface area contributed by atoms with Crippen LogP contribution in [0.5, 0.6) is 11.5 Å². The van der Waals surface area contributed by atoms with Crippen molar-refractivity contribution in [3.63, 3.8) is 0 Å². The Hall–Kier alpha value is -3.58. The summed E-state index contributed by atoms with van der Waals surface area (Å²) in [7, 11) is 0.